The van der Waals surface area contributed by atoms with Crippen LogP contribution in [0.15, 0.2) is 30.3 Å². The van der Waals surface area contributed by atoms with Gasteiger partial charge in [0.25, 0.3) is 0 Å². The molecule has 0 saturated heterocycles. The zero-order chi connectivity index (χ0) is 8.81. The van der Waals surface area contributed by atoms with E-state index >= 15 is 0 Å². The maximum Gasteiger partial charge on any atom is 0.0387 e. The third-order valence-electron chi connectivity index (χ3n) is 1.57. The van der Waals surface area contributed by atoms with Crippen molar-refractivity contribution in [1.82, 2.24) is 0 Å². The van der Waals surface area contributed by atoms with Crippen LogP contribution in [0.2, 0.25) is 0 Å². The lowest BCUT2D eigenvalue weighted by Crippen LogP contribution is -1.87. The van der Waals surface area contributed by atoms with Gasteiger partial charge in [0.05, 0.1) is 0 Å². The van der Waals surface area contributed by atoms with E-state index in [1.165, 1.54) is 0 Å². The zero-order valence-corrected chi connectivity index (χ0v) is 7.59. The number of anilines is 1. The number of nitrogens with two attached hydrogens (primary N) is 1. The molecule has 2 heteroatoms. The molecule has 0 heterocycles. The normalized spacial score (nSPS) is 10.8. The Labute approximate surface area is 77.8 Å². The smallest absolute Gasteiger partial charge is 0.0387 e. The van der Waals surface area contributed by atoms with Crippen molar-refractivity contribution in [3.63, 3.8) is 0 Å². The van der Waals surface area contributed by atoms with Crippen LogP contribution in [0.1, 0.15) is 12.0 Å². The van der Waals surface area contributed by atoms with Crippen molar-refractivity contribution in [1.29, 1.82) is 0 Å². The number of hydrogen-bond acceptors (Lipinski definition) is 1. The molecule has 0 atom stereocenters. The number of halogens is 1. The van der Waals surface area contributed by atoms with E-state index in [2.05, 4.69) is 0 Å². The molecule has 0 amide bonds. The first-order chi connectivity index (χ1) is 5.84. The third kappa shape index (κ3) is 2.59. The summed E-state index contributed by atoms with van der Waals surface area (Å²) in [7, 11) is 0. The summed E-state index contributed by atoms with van der Waals surface area (Å²) in [5, 5.41) is 0. The summed E-state index contributed by atoms with van der Waals surface area (Å²) in [6.45, 7) is 0. The van der Waals surface area contributed by atoms with Gasteiger partial charge in [0.15, 0.2) is 0 Å². The van der Waals surface area contributed by atoms with Gasteiger partial charge in [-0.1, -0.05) is 30.4 Å². The van der Waals surface area contributed by atoms with Crippen LogP contribution in [-0.4, -0.2) is 5.88 Å². The summed E-state index contributed by atoms with van der Waals surface area (Å²) in [6.07, 6.45) is 4.91. The summed E-state index contributed by atoms with van der Waals surface area (Å²) in [6, 6.07) is 7.77. The Kier molecular flexibility index (Phi) is 3.68. The molecule has 0 aromatic heterocycles. The molecule has 2 N–H and O–H groups in total. The Bertz CT molecular complexity index is 268. The average molecular weight is 182 g/mol. The molecule has 1 aromatic rings. The SMILES string of the molecule is Nc1ccccc1C=CCCCl. The molecule has 0 aliphatic heterocycles. The van der Waals surface area contributed by atoms with Crippen LogP contribution in [0.3, 0.4) is 0 Å². The van der Waals surface area contributed by atoms with Gasteiger partial charge < -0.3 is 5.73 Å². The minimum Gasteiger partial charge on any atom is -0.398 e. The number of allylic oxidation sites excluding steroid dienone is 1. The number of hydrogen-bond donors (Lipinski definition) is 1. The molecule has 0 bridgehead atoms. The van der Waals surface area contributed by atoms with Gasteiger partial charge >= 0.3 is 0 Å². The lowest BCUT2D eigenvalue weighted by Gasteiger charge is -1.97. The Balaban J connectivity index is 2.68. The molecular weight excluding hydrogens is 170 g/mol. The van der Waals surface area contributed by atoms with E-state index in [4.69, 9.17) is 17.3 Å². The van der Waals surface area contributed by atoms with Gasteiger partial charge in [-0.05, 0) is 18.1 Å². The highest BCUT2D eigenvalue weighted by atomic mass is 35.5. The van der Waals surface area contributed by atoms with Gasteiger partial charge in [-0.3, -0.25) is 0 Å². The van der Waals surface area contributed by atoms with Crippen LogP contribution >= 0.6 is 11.6 Å². The predicted octanol–water partition coefficient (Wildman–Crippen LogP) is 2.91. The third-order valence-corrected chi connectivity index (χ3v) is 1.79. The Morgan fingerprint density at radius 3 is 2.75 bits per heavy atom. The lowest BCUT2D eigenvalue weighted by molar-refractivity contribution is 1.24. The Morgan fingerprint density at radius 2 is 2.08 bits per heavy atom. The highest BCUT2D eigenvalue weighted by molar-refractivity contribution is 6.17. The van der Waals surface area contributed by atoms with E-state index in [0.29, 0.717) is 5.88 Å². The topological polar surface area (TPSA) is 26.0 Å². The molecule has 0 unspecified atom stereocenters. The molecule has 0 saturated carbocycles. The second-order valence-electron chi connectivity index (χ2n) is 2.51. The van der Waals surface area contributed by atoms with Gasteiger partial charge in [0.2, 0.25) is 0 Å². The second kappa shape index (κ2) is 4.83. The van der Waals surface area contributed by atoms with Gasteiger partial charge in [-0.2, -0.15) is 0 Å². The molecular formula is C10H12ClN. The van der Waals surface area contributed by atoms with Crippen molar-refractivity contribution < 1.29 is 0 Å². The summed E-state index contributed by atoms with van der Waals surface area (Å²) >= 11 is 5.53. The molecule has 1 rings (SSSR count). The Hall–Kier alpha value is -0.950. The van der Waals surface area contributed by atoms with Gasteiger partial charge in [0, 0.05) is 11.6 Å². The predicted molar refractivity (Wildman–Crippen MR) is 55.2 cm³/mol. The van der Waals surface area contributed by atoms with Crippen LogP contribution in [0.4, 0.5) is 5.69 Å². The maximum absolute atomic E-state index is 5.72. The van der Waals surface area contributed by atoms with E-state index in [1.807, 2.05) is 36.4 Å². The van der Waals surface area contributed by atoms with Gasteiger partial charge in [0.1, 0.15) is 0 Å². The van der Waals surface area contributed by atoms with E-state index < -0.39 is 0 Å². The average Bonchev–Trinajstić information content (AvgIpc) is 2.09. The van der Waals surface area contributed by atoms with Crippen molar-refractivity contribution in [3.8, 4) is 0 Å². The van der Waals surface area contributed by atoms with Crippen LogP contribution < -0.4 is 5.73 Å². The number of alkyl halides is 1. The van der Waals surface area contributed by atoms with Crippen LogP contribution in [0.5, 0.6) is 0 Å². The molecule has 1 aromatic carbocycles. The molecule has 0 spiro atoms. The second-order valence-corrected chi connectivity index (χ2v) is 2.89. The largest absolute Gasteiger partial charge is 0.398 e. The summed E-state index contributed by atoms with van der Waals surface area (Å²) in [5.74, 6) is 0.656. The summed E-state index contributed by atoms with van der Waals surface area (Å²) in [4.78, 5) is 0. The highest BCUT2D eigenvalue weighted by Gasteiger charge is 1.89. The van der Waals surface area contributed by atoms with Crippen molar-refractivity contribution in [2.24, 2.45) is 0 Å². The quantitative estimate of drug-likeness (QED) is 0.563. The first-order valence-electron chi connectivity index (χ1n) is 3.91. The number of para-hydroxylation sites is 1. The molecule has 1 nitrogen and oxygen atoms in total. The fraction of sp³-hybridized carbons (Fsp3) is 0.200. The van der Waals surface area contributed by atoms with Crippen LogP contribution in [-0.2, 0) is 0 Å². The standard InChI is InChI=1S/C10H12ClN/c11-8-4-3-6-9-5-1-2-7-10(9)12/h1-3,5-7H,4,8,12H2. The van der Waals surface area contributed by atoms with Crippen molar-refractivity contribution in [3.05, 3.63) is 35.9 Å². The fourth-order valence-electron chi connectivity index (χ4n) is 0.936. The van der Waals surface area contributed by atoms with Crippen LogP contribution in [0.25, 0.3) is 6.08 Å². The molecule has 12 heavy (non-hydrogen) atoms. The number of benzene rings is 1. The lowest BCUT2D eigenvalue weighted by atomic mass is 10.1. The van der Waals surface area contributed by atoms with Crippen molar-refractivity contribution >= 4 is 23.4 Å². The minimum atomic E-state index is 0.656. The maximum atomic E-state index is 5.72. The molecule has 0 aliphatic rings. The summed E-state index contributed by atoms with van der Waals surface area (Å²) in [5.41, 5.74) is 7.59. The van der Waals surface area contributed by atoms with Crippen molar-refractivity contribution in [2.75, 3.05) is 11.6 Å². The van der Waals surface area contributed by atoms with Crippen molar-refractivity contribution in [2.45, 2.75) is 6.42 Å². The Morgan fingerprint density at radius 1 is 1.33 bits per heavy atom. The number of rotatable bonds is 3. The fourth-order valence-corrected chi connectivity index (χ4v) is 1.06. The molecule has 0 fully saturated rings. The molecule has 0 aliphatic carbocycles. The number of nitrogen functional groups attached to an aromatic ring is 1. The molecule has 0 radical (unpaired) electrons. The summed E-state index contributed by atoms with van der Waals surface area (Å²) < 4.78 is 0. The molecule has 64 valence electrons. The highest BCUT2D eigenvalue weighted by Crippen LogP contribution is 2.12. The monoisotopic (exact) mass is 181 g/mol. The van der Waals surface area contributed by atoms with E-state index in [0.717, 1.165) is 17.7 Å². The first kappa shape index (κ1) is 9.14. The van der Waals surface area contributed by atoms with Gasteiger partial charge in [-0.15, -0.1) is 11.6 Å². The first-order valence-corrected chi connectivity index (χ1v) is 4.45. The van der Waals surface area contributed by atoms with Crippen LogP contribution in [0, 0.1) is 0 Å². The van der Waals surface area contributed by atoms with E-state index in [-0.39, 0.29) is 0 Å². The van der Waals surface area contributed by atoms with E-state index in [9.17, 15) is 0 Å². The zero-order valence-electron chi connectivity index (χ0n) is 6.83. The van der Waals surface area contributed by atoms with E-state index in [1.54, 1.807) is 0 Å². The van der Waals surface area contributed by atoms with Gasteiger partial charge in [-0.25, -0.2) is 0 Å². The minimum absolute atomic E-state index is 0.656.